The van der Waals surface area contributed by atoms with E-state index >= 15 is 0 Å². The SMILES string of the molecule is Cc1ccc(C)c(S(=O)(=O)N2CC[NH+](CC(=O)N[C@@H]3CCCC[C@H]3C)CC2)c1. The summed E-state index contributed by atoms with van der Waals surface area (Å²) in [6, 6.07) is 5.84. The van der Waals surface area contributed by atoms with Crippen molar-refractivity contribution in [3.8, 4) is 0 Å². The van der Waals surface area contributed by atoms with Crippen LogP contribution in [-0.2, 0) is 14.8 Å². The summed E-state index contributed by atoms with van der Waals surface area (Å²) in [5.74, 6) is 0.645. The molecule has 2 atom stereocenters. The molecular formula is C21H34N3O3S+. The van der Waals surface area contributed by atoms with E-state index in [-0.39, 0.29) is 5.91 Å². The van der Waals surface area contributed by atoms with Gasteiger partial charge in [-0.1, -0.05) is 31.9 Å². The van der Waals surface area contributed by atoms with E-state index in [1.165, 1.54) is 19.3 Å². The molecule has 2 fully saturated rings. The summed E-state index contributed by atoms with van der Waals surface area (Å²) in [5.41, 5.74) is 1.73. The fourth-order valence-electron chi connectivity index (χ4n) is 4.36. The normalized spacial score (nSPS) is 24.8. The first-order valence-corrected chi connectivity index (χ1v) is 11.9. The number of nitrogens with zero attached hydrogens (tertiary/aromatic N) is 1. The predicted molar refractivity (Wildman–Crippen MR) is 110 cm³/mol. The summed E-state index contributed by atoms with van der Waals surface area (Å²) in [5, 5.41) is 3.21. The molecule has 1 aromatic rings. The Morgan fingerprint density at radius 2 is 1.86 bits per heavy atom. The van der Waals surface area contributed by atoms with E-state index in [1.807, 2.05) is 26.0 Å². The van der Waals surface area contributed by atoms with Crippen molar-refractivity contribution in [3.63, 3.8) is 0 Å². The van der Waals surface area contributed by atoms with Gasteiger partial charge in [0.15, 0.2) is 6.54 Å². The highest BCUT2D eigenvalue weighted by atomic mass is 32.2. The third-order valence-corrected chi connectivity index (χ3v) is 8.30. The molecule has 1 saturated carbocycles. The van der Waals surface area contributed by atoms with Gasteiger partial charge in [0.2, 0.25) is 10.0 Å². The molecule has 0 bridgehead atoms. The molecule has 3 rings (SSSR count). The van der Waals surface area contributed by atoms with Gasteiger partial charge in [-0.3, -0.25) is 4.79 Å². The third kappa shape index (κ3) is 4.93. The molecule has 1 aromatic carbocycles. The van der Waals surface area contributed by atoms with Crippen molar-refractivity contribution >= 4 is 15.9 Å². The number of nitrogens with one attached hydrogen (secondary N) is 2. The molecule has 1 saturated heterocycles. The van der Waals surface area contributed by atoms with Crippen molar-refractivity contribution in [2.24, 2.45) is 5.92 Å². The number of piperazine rings is 1. The number of benzene rings is 1. The zero-order chi connectivity index (χ0) is 20.3. The van der Waals surface area contributed by atoms with Crippen LogP contribution in [0.25, 0.3) is 0 Å². The topological polar surface area (TPSA) is 70.9 Å². The van der Waals surface area contributed by atoms with Crippen molar-refractivity contribution in [2.45, 2.75) is 57.4 Å². The monoisotopic (exact) mass is 408 g/mol. The quantitative estimate of drug-likeness (QED) is 0.760. The van der Waals surface area contributed by atoms with Gasteiger partial charge < -0.3 is 10.2 Å². The molecule has 0 radical (unpaired) electrons. The van der Waals surface area contributed by atoms with Crippen LogP contribution in [-0.4, -0.2) is 57.4 Å². The van der Waals surface area contributed by atoms with Crippen LogP contribution < -0.4 is 10.2 Å². The van der Waals surface area contributed by atoms with Crippen molar-refractivity contribution in [3.05, 3.63) is 29.3 Å². The molecule has 0 spiro atoms. The Balaban J connectivity index is 1.54. The number of carbonyl (C=O) groups is 1. The summed E-state index contributed by atoms with van der Waals surface area (Å²) in [6.45, 7) is 8.64. The van der Waals surface area contributed by atoms with Crippen molar-refractivity contribution in [1.82, 2.24) is 9.62 Å². The van der Waals surface area contributed by atoms with E-state index in [0.29, 0.717) is 49.6 Å². The van der Waals surface area contributed by atoms with Gasteiger partial charge in [0.1, 0.15) is 0 Å². The molecule has 7 heteroatoms. The largest absolute Gasteiger partial charge is 0.348 e. The lowest BCUT2D eigenvalue weighted by molar-refractivity contribution is -0.895. The Hall–Kier alpha value is -1.44. The Morgan fingerprint density at radius 3 is 2.54 bits per heavy atom. The van der Waals surface area contributed by atoms with E-state index in [9.17, 15) is 13.2 Å². The highest BCUT2D eigenvalue weighted by Gasteiger charge is 2.32. The molecule has 1 heterocycles. The highest BCUT2D eigenvalue weighted by molar-refractivity contribution is 7.89. The van der Waals surface area contributed by atoms with E-state index in [2.05, 4.69) is 12.2 Å². The number of sulfonamides is 1. The first-order chi connectivity index (χ1) is 13.3. The summed E-state index contributed by atoms with van der Waals surface area (Å²) in [7, 11) is -3.48. The Labute approximate surface area is 169 Å². The van der Waals surface area contributed by atoms with E-state index in [4.69, 9.17) is 0 Å². The van der Waals surface area contributed by atoms with Crippen LogP contribution in [0.3, 0.4) is 0 Å². The summed E-state index contributed by atoms with van der Waals surface area (Å²) >= 11 is 0. The predicted octanol–water partition coefficient (Wildman–Crippen LogP) is 0.888. The van der Waals surface area contributed by atoms with Crippen LogP contribution in [0.4, 0.5) is 0 Å². The molecule has 28 heavy (non-hydrogen) atoms. The van der Waals surface area contributed by atoms with Crippen molar-refractivity contribution in [1.29, 1.82) is 0 Å². The smallest absolute Gasteiger partial charge is 0.275 e. The average Bonchev–Trinajstić information content (AvgIpc) is 2.66. The standard InChI is InChI=1S/C21H33N3O3S/c1-16-8-9-18(3)20(14-16)28(26,27)24-12-10-23(11-13-24)15-21(25)22-19-7-5-4-6-17(19)2/h8-9,14,17,19H,4-7,10-13,15H2,1-3H3,(H,22,25)/p+1/t17-,19-/m1/s1. The number of hydrogen-bond acceptors (Lipinski definition) is 3. The minimum atomic E-state index is -3.48. The summed E-state index contributed by atoms with van der Waals surface area (Å²) in [4.78, 5) is 14.0. The zero-order valence-electron chi connectivity index (χ0n) is 17.3. The van der Waals surface area contributed by atoms with Gasteiger partial charge in [-0.25, -0.2) is 8.42 Å². The van der Waals surface area contributed by atoms with Gasteiger partial charge in [-0.2, -0.15) is 4.31 Å². The molecule has 6 nitrogen and oxygen atoms in total. The number of aryl methyl sites for hydroxylation is 2. The Morgan fingerprint density at radius 1 is 1.18 bits per heavy atom. The maximum absolute atomic E-state index is 13.0. The second kappa shape index (κ2) is 8.93. The second-order valence-electron chi connectivity index (χ2n) is 8.54. The summed E-state index contributed by atoms with van der Waals surface area (Å²) < 4.78 is 27.6. The van der Waals surface area contributed by atoms with Gasteiger partial charge in [0.05, 0.1) is 31.1 Å². The van der Waals surface area contributed by atoms with Gasteiger partial charge in [0.25, 0.3) is 5.91 Å². The third-order valence-electron chi connectivity index (χ3n) is 6.26. The molecular weight excluding hydrogens is 374 g/mol. The van der Waals surface area contributed by atoms with Crippen LogP contribution >= 0.6 is 0 Å². The Kier molecular flexibility index (Phi) is 6.78. The van der Waals surface area contributed by atoms with Crippen LogP contribution in [0.5, 0.6) is 0 Å². The zero-order valence-corrected chi connectivity index (χ0v) is 18.1. The van der Waals surface area contributed by atoms with Crippen molar-refractivity contribution < 1.29 is 18.1 Å². The van der Waals surface area contributed by atoms with Gasteiger partial charge in [-0.05, 0) is 49.8 Å². The first-order valence-electron chi connectivity index (χ1n) is 10.5. The van der Waals surface area contributed by atoms with Gasteiger partial charge in [0, 0.05) is 6.04 Å². The van der Waals surface area contributed by atoms with Gasteiger partial charge >= 0.3 is 0 Å². The number of carbonyl (C=O) groups excluding carboxylic acids is 1. The Bertz CT molecular complexity index is 801. The number of amides is 1. The molecule has 156 valence electrons. The van der Waals surface area contributed by atoms with Crippen LogP contribution in [0, 0.1) is 19.8 Å². The van der Waals surface area contributed by atoms with E-state index in [1.54, 1.807) is 10.4 Å². The molecule has 1 aliphatic heterocycles. The summed E-state index contributed by atoms with van der Waals surface area (Å²) in [6.07, 6.45) is 4.71. The minimum absolute atomic E-state index is 0.0968. The average molecular weight is 409 g/mol. The lowest BCUT2D eigenvalue weighted by Crippen LogP contribution is -3.15. The highest BCUT2D eigenvalue weighted by Crippen LogP contribution is 2.23. The fraction of sp³-hybridized carbons (Fsp3) is 0.667. The fourth-order valence-corrected chi connectivity index (χ4v) is 6.11. The van der Waals surface area contributed by atoms with Crippen LogP contribution in [0.15, 0.2) is 23.1 Å². The second-order valence-corrected chi connectivity index (χ2v) is 10.4. The number of rotatable bonds is 5. The molecule has 0 aromatic heterocycles. The van der Waals surface area contributed by atoms with Crippen molar-refractivity contribution in [2.75, 3.05) is 32.7 Å². The number of hydrogen-bond donors (Lipinski definition) is 2. The maximum Gasteiger partial charge on any atom is 0.275 e. The molecule has 2 N–H and O–H groups in total. The van der Waals surface area contributed by atoms with E-state index in [0.717, 1.165) is 22.4 Å². The van der Waals surface area contributed by atoms with E-state index < -0.39 is 10.0 Å². The lowest BCUT2D eigenvalue weighted by atomic mass is 9.86. The molecule has 2 aliphatic rings. The van der Waals surface area contributed by atoms with Gasteiger partial charge in [-0.15, -0.1) is 0 Å². The molecule has 1 amide bonds. The first kappa shape index (κ1) is 21.3. The maximum atomic E-state index is 13.0. The van der Waals surface area contributed by atoms with Crippen LogP contribution in [0.2, 0.25) is 0 Å². The minimum Gasteiger partial charge on any atom is -0.348 e. The van der Waals surface area contributed by atoms with Crippen LogP contribution in [0.1, 0.15) is 43.7 Å². The molecule has 1 aliphatic carbocycles. The lowest BCUT2D eigenvalue weighted by Gasteiger charge is -2.33. The molecule has 0 unspecified atom stereocenters. The number of quaternary nitrogens is 1.